The lowest BCUT2D eigenvalue weighted by Crippen LogP contribution is -2.44. The van der Waals surface area contributed by atoms with Crippen LogP contribution in [0.1, 0.15) is 39.8 Å². The molecule has 3 heterocycles. The number of ether oxygens (including phenoxy) is 1. The summed E-state index contributed by atoms with van der Waals surface area (Å²) in [7, 11) is 0. The molecule has 1 amide bonds. The van der Waals surface area contributed by atoms with E-state index in [9.17, 15) is 4.79 Å². The number of aromatic nitrogens is 2. The standard InChI is InChI=1S/C21H32N6O2.HI/c1-5-22-19(23-11-9-16-14-26-12-7-6-8-18(26)24-16)27-13-10-17(15-27)25-20(28)29-21(2,3)4;/h6-8,12,14,17H,5,9-11,13,15H2,1-4H3,(H,22,23)(H,25,28);1H. The van der Waals surface area contributed by atoms with Gasteiger partial charge in [0.2, 0.25) is 0 Å². The summed E-state index contributed by atoms with van der Waals surface area (Å²) in [5.74, 6) is 0.879. The second-order valence-corrected chi connectivity index (χ2v) is 8.26. The van der Waals surface area contributed by atoms with Crippen LogP contribution in [0.3, 0.4) is 0 Å². The van der Waals surface area contributed by atoms with Gasteiger partial charge in [-0.1, -0.05) is 6.07 Å². The third kappa shape index (κ3) is 7.03. The Morgan fingerprint density at radius 1 is 1.37 bits per heavy atom. The van der Waals surface area contributed by atoms with Gasteiger partial charge in [0.15, 0.2) is 5.96 Å². The average molecular weight is 528 g/mol. The predicted octanol–water partition coefficient (Wildman–Crippen LogP) is 3.06. The fourth-order valence-corrected chi connectivity index (χ4v) is 3.35. The molecule has 0 spiro atoms. The Labute approximate surface area is 195 Å². The molecule has 0 aliphatic carbocycles. The molecule has 1 aliphatic rings. The minimum Gasteiger partial charge on any atom is -0.444 e. The van der Waals surface area contributed by atoms with E-state index in [1.165, 1.54) is 0 Å². The number of hydrogen-bond acceptors (Lipinski definition) is 4. The molecule has 1 aliphatic heterocycles. The highest BCUT2D eigenvalue weighted by atomic mass is 127. The van der Waals surface area contributed by atoms with Gasteiger partial charge >= 0.3 is 6.09 Å². The van der Waals surface area contributed by atoms with Crippen molar-refractivity contribution in [3.63, 3.8) is 0 Å². The van der Waals surface area contributed by atoms with Crippen molar-refractivity contribution in [2.75, 3.05) is 26.2 Å². The van der Waals surface area contributed by atoms with Gasteiger partial charge < -0.3 is 24.7 Å². The molecule has 1 unspecified atom stereocenters. The number of hydrogen-bond donors (Lipinski definition) is 2. The summed E-state index contributed by atoms with van der Waals surface area (Å²) in [6.07, 6.45) is 5.34. The molecule has 166 valence electrons. The van der Waals surface area contributed by atoms with Crippen molar-refractivity contribution in [2.45, 2.75) is 52.2 Å². The number of rotatable bonds is 5. The number of nitrogens with one attached hydrogen (secondary N) is 2. The van der Waals surface area contributed by atoms with Crippen LogP contribution in [0.25, 0.3) is 5.65 Å². The van der Waals surface area contributed by atoms with Crippen LogP contribution in [-0.4, -0.2) is 64.2 Å². The summed E-state index contributed by atoms with van der Waals surface area (Å²) >= 11 is 0. The predicted molar refractivity (Wildman–Crippen MR) is 130 cm³/mol. The minimum absolute atomic E-state index is 0. The van der Waals surface area contributed by atoms with E-state index >= 15 is 0 Å². The Bertz CT molecular complexity index is 828. The number of pyridine rings is 1. The maximum absolute atomic E-state index is 12.0. The van der Waals surface area contributed by atoms with Crippen LogP contribution >= 0.6 is 24.0 Å². The number of aliphatic imine (C=N–C) groups is 1. The van der Waals surface area contributed by atoms with Gasteiger partial charge in [-0.3, -0.25) is 4.99 Å². The molecule has 30 heavy (non-hydrogen) atoms. The van der Waals surface area contributed by atoms with E-state index < -0.39 is 5.60 Å². The monoisotopic (exact) mass is 528 g/mol. The van der Waals surface area contributed by atoms with Crippen LogP contribution in [0, 0.1) is 0 Å². The number of alkyl carbamates (subject to hydrolysis) is 1. The van der Waals surface area contributed by atoms with E-state index in [0.29, 0.717) is 6.54 Å². The van der Waals surface area contributed by atoms with Gasteiger partial charge in [-0.25, -0.2) is 9.78 Å². The summed E-state index contributed by atoms with van der Waals surface area (Å²) in [5, 5.41) is 6.32. The molecular formula is C21H33IN6O2. The van der Waals surface area contributed by atoms with Crippen LogP contribution in [0.4, 0.5) is 4.79 Å². The van der Waals surface area contributed by atoms with Crippen molar-refractivity contribution >= 4 is 41.7 Å². The summed E-state index contributed by atoms with van der Waals surface area (Å²) in [5.41, 5.74) is 1.49. The lowest BCUT2D eigenvalue weighted by atomic mass is 10.2. The third-order valence-electron chi connectivity index (χ3n) is 4.59. The van der Waals surface area contributed by atoms with E-state index in [-0.39, 0.29) is 36.1 Å². The highest BCUT2D eigenvalue weighted by Crippen LogP contribution is 2.12. The van der Waals surface area contributed by atoms with Crippen LogP contribution in [0.5, 0.6) is 0 Å². The zero-order valence-corrected chi connectivity index (χ0v) is 20.6. The van der Waals surface area contributed by atoms with Crippen molar-refractivity contribution < 1.29 is 9.53 Å². The number of nitrogens with zero attached hydrogens (tertiary/aromatic N) is 4. The molecular weight excluding hydrogens is 495 g/mol. The minimum atomic E-state index is -0.489. The number of guanidine groups is 1. The number of fused-ring (bicyclic) bond motifs is 1. The fourth-order valence-electron chi connectivity index (χ4n) is 3.35. The van der Waals surface area contributed by atoms with E-state index in [0.717, 1.165) is 49.8 Å². The summed E-state index contributed by atoms with van der Waals surface area (Å²) in [4.78, 5) is 23.6. The molecule has 2 aromatic heterocycles. The maximum atomic E-state index is 12.0. The number of likely N-dealkylation sites (tertiary alicyclic amines) is 1. The zero-order chi connectivity index (χ0) is 20.9. The molecule has 0 aromatic carbocycles. The van der Waals surface area contributed by atoms with Gasteiger partial charge in [-0.2, -0.15) is 0 Å². The summed E-state index contributed by atoms with van der Waals surface area (Å²) < 4.78 is 7.38. The third-order valence-corrected chi connectivity index (χ3v) is 4.59. The molecule has 8 nitrogen and oxygen atoms in total. The molecule has 2 aromatic rings. The first-order valence-electron chi connectivity index (χ1n) is 10.3. The molecule has 2 N–H and O–H groups in total. The fraction of sp³-hybridized carbons (Fsp3) is 0.571. The van der Waals surface area contributed by atoms with Gasteiger partial charge in [0, 0.05) is 45.0 Å². The van der Waals surface area contributed by atoms with E-state index in [1.54, 1.807) is 0 Å². The first-order chi connectivity index (χ1) is 13.8. The SMILES string of the molecule is CCNC(=NCCc1cn2ccccc2n1)N1CCC(NC(=O)OC(C)(C)C)C1.I. The average Bonchev–Trinajstić information content (AvgIpc) is 3.25. The quantitative estimate of drug-likeness (QED) is 0.354. The lowest BCUT2D eigenvalue weighted by molar-refractivity contribution is 0.0507. The smallest absolute Gasteiger partial charge is 0.407 e. The zero-order valence-electron chi connectivity index (χ0n) is 18.2. The Morgan fingerprint density at radius 2 is 2.17 bits per heavy atom. The van der Waals surface area contributed by atoms with Crippen molar-refractivity contribution in [1.29, 1.82) is 0 Å². The molecule has 0 bridgehead atoms. The van der Waals surface area contributed by atoms with Crippen molar-refractivity contribution in [3.8, 4) is 0 Å². The summed E-state index contributed by atoms with van der Waals surface area (Å²) in [6, 6.07) is 6.04. The van der Waals surface area contributed by atoms with Crippen molar-refractivity contribution in [2.24, 2.45) is 4.99 Å². The lowest BCUT2D eigenvalue weighted by Gasteiger charge is -2.23. The first kappa shape index (κ1) is 24.2. The van der Waals surface area contributed by atoms with Gasteiger partial charge in [0.25, 0.3) is 0 Å². The Morgan fingerprint density at radius 3 is 2.87 bits per heavy atom. The van der Waals surface area contributed by atoms with E-state index in [2.05, 4.69) is 33.6 Å². The van der Waals surface area contributed by atoms with Crippen molar-refractivity contribution in [1.82, 2.24) is 24.9 Å². The van der Waals surface area contributed by atoms with E-state index in [4.69, 9.17) is 9.73 Å². The van der Waals surface area contributed by atoms with Gasteiger partial charge in [0.05, 0.1) is 11.7 Å². The van der Waals surface area contributed by atoms with Gasteiger partial charge in [-0.15, -0.1) is 24.0 Å². The maximum Gasteiger partial charge on any atom is 0.407 e. The van der Waals surface area contributed by atoms with Crippen molar-refractivity contribution in [3.05, 3.63) is 36.3 Å². The first-order valence-corrected chi connectivity index (χ1v) is 10.3. The Hall–Kier alpha value is -2.04. The number of halogens is 1. The molecule has 0 saturated carbocycles. The Balaban J connectivity index is 0.00000320. The van der Waals surface area contributed by atoms with Gasteiger partial charge in [0.1, 0.15) is 11.2 Å². The Kier molecular flexibility index (Phi) is 8.75. The second-order valence-electron chi connectivity index (χ2n) is 8.26. The highest BCUT2D eigenvalue weighted by Gasteiger charge is 2.27. The molecule has 1 atom stereocenters. The molecule has 1 saturated heterocycles. The molecule has 0 radical (unpaired) electrons. The van der Waals surface area contributed by atoms with Crippen LogP contribution < -0.4 is 10.6 Å². The normalized spacial score (nSPS) is 17.0. The van der Waals surface area contributed by atoms with Crippen LogP contribution in [0.15, 0.2) is 35.6 Å². The molecule has 1 fully saturated rings. The largest absolute Gasteiger partial charge is 0.444 e. The summed E-state index contributed by atoms with van der Waals surface area (Å²) in [6.45, 7) is 10.7. The van der Waals surface area contributed by atoms with E-state index in [1.807, 2.05) is 49.6 Å². The number of carbonyl (C=O) groups is 1. The highest BCUT2D eigenvalue weighted by molar-refractivity contribution is 14.0. The van der Waals surface area contributed by atoms with Crippen LogP contribution in [0.2, 0.25) is 0 Å². The topological polar surface area (TPSA) is 83.3 Å². The molecule has 3 rings (SSSR count). The second kappa shape index (κ2) is 10.8. The number of amides is 1. The van der Waals surface area contributed by atoms with Crippen LogP contribution in [-0.2, 0) is 11.2 Å². The molecule has 9 heteroatoms. The number of imidazole rings is 1. The number of carbonyl (C=O) groups excluding carboxylic acids is 1. The van der Waals surface area contributed by atoms with Gasteiger partial charge in [-0.05, 0) is 46.2 Å².